The summed E-state index contributed by atoms with van der Waals surface area (Å²) < 4.78 is 34.2. The van der Waals surface area contributed by atoms with Gasteiger partial charge in [0.15, 0.2) is 0 Å². The van der Waals surface area contributed by atoms with Gasteiger partial charge in [0, 0.05) is 31.6 Å². The first-order chi connectivity index (χ1) is 17.7. The quantitative estimate of drug-likeness (QED) is 0.528. The maximum Gasteiger partial charge on any atom is 0.254 e. The predicted molar refractivity (Wildman–Crippen MR) is 143 cm³/mol. The first kappa shape index (κ1) is 27.0. The van der Waals surface area contributed by atoms with Crippen molar-refractivity contribution in [3.63, 3.8) is 0 Å². The SMILES string of the molecule is C[C@@H]1CN([C@@H](C)CO)C(=O)c2ccccc2-c2ccccc2CO[C@H]1CN(C)S(=O)(=O)c1ccccc1. The van der Waals surface area contributed by atoms with Crippen molar-refractivity contribution in [2.45, 2.75) is 37.5 Å². The molecule has 0 aromatic heterocycles. The number of amides is 1. The molecule has 3 aromatic rings. The minimum absolute atomic E-state index is 0.114. The van der Waals surface area contributed by atoms with E-state index in [9.17, 15) is 18.3 Å². The van der Waals surface area contributed by atoms with Crippen molar-refractivity contribution in [3.05, 3.63) is 90.0 Å². The summed E-state index contributed by atoms with van der Waals surface area (Å²) in [4.78, 5) is 15.7. The average Bonchev–Trinajstić information content (AvgIpc) is 2.94. The molecule has 0 spiro atoms. The van der Waals surface area contributed by atoms with Gasteiger partial charge in [0.2, 0.25) is 10.0 Å². The van der Waals surface area contributed by atoms with E-state index < -0.39 is 22.2 Å². The Bertz CT molecular complexity index is 1330. The van der Waals surface area contributed by atoms with E-state index in [-0.39, 0.29) is 36.5 Å². The Labute approximate surface area is 219 Å². The van der Waals surface area contributed by atoms with Crippen LogP contribution in [0.1, 0.15) is 29.8 Å². The Morgan fingerprint density at radius 2 is 1.57 bits per heavy atom. The Hall–Kier alpha value is -3.04. The second-order valence-corrected chi connectivity index (χ2v) is 11.7. The Morgan fingerprint density at radius 3 is 2.24 bits per heavy atom. The maximum absolute atomic E-state index is 13.9. The number of ether oxygens (including phenoxy) is 1. The lowest BCUT2D eigenvalue weighted by molar-refractivity contribution is -0.0146. The van der Waals surface area contributed by atoms with Crippen LogP contribution in [0, 0.1) is 5.92 Å². The number of aliphatic hydroxyl groups excluding tert-OH is 1. The van der Waals surface area contributed by atoms with Gasteiger partial charge in [-0.15, -0.1) is 0 Å². The standard InChI is InChI=1S/C29H34N2O5S/c1-21-17-31(22(2)19-32)29(33)27-16-10-9-15-26(27)25-14-8-7-11-23(25)20-36-28(21)18-30(3)37(34,35)24-12-5-4-6-13-24/h4-16,21-22,28,32H,17-20H2,1-3H3/t21-,22+,28+/m1/s1. The van der Waals surface area contributed by atoms with Gasteiger partial charge in [-0.1, -0.05) is 67.6 Å². The second kappa shape index (κ2) is 11.6. The van der Waals surface area contributed by atoms with Crippen LogP contribution in [0.25, 0.3) is 11.1 Å². The molecule has 0 unspecified atom stereocenters. The third-order valence-corrected chi connectivity index (χ3v) is 8.82. The molecule has 7 nitrogen and oxygen atoms in total. The fraction of sp³-hybridized carbons (Fsp3) is 0.345. The van der Waals surface area contributed by atoms with Gasteiger partial charge in [0.05, 0.1) is 30.3 Å². The smallest absolute Gasteiger partial charge is 0.254 e. The highest BCUT2D eigenvalue weighted by atomic mass is 32.2. The van der Waals surface area contributed by atoms with Gasteiger partial charge in [-0.2, -0.15) is 4.31 Å². The van der Waals surface area contributed by atoms with Crippen molar-refractivity contribution in [1.82, 2.24) is 9.21 Å². The molecule has 1 amide bonds. The number of nitrogens with zero attached hydrogens (tertiary/aromatic N) is 2. The van der Waals surface area contributed by atoms with E-state index in [4.69, 9.17) is 4.74 Å². The molecule has 1 heterocycles. The largest absolute Gasteiger partial charge is 0.394 e. The summed E-state index contributed by atoms with van der Waals surface area (Å²) in [5, 5.41) is 9.97. The van der Waals surface area contributed by atoms with Crippen LogP contribution < -0.4 is 0 Å². The number of carbonyl (C=O) groups is 1. The van der Waals surface area contributed by atoms with Crippen molar-refractivity contribution in [1.29, 1.82) is 0 Å². The van der Waals surface area contributed by atoms with Gasteiger partial charge >= 0.3 is 0 Å². The molecule has 4 rings (SSSR count). The van der Waals surface area contributed by atoms with Crippen molar-refractivity contribution >= 4 is 15.9 Å². The zero-order valence-corrected chi connectivity index (χ0v) is 22.3. The molecular formula is C29H34N2O5S. The molecule has 1 aliphatic heterocycles. The predicted octanol–water partition coefficient (Wildman–Crippen LogP) is 4.03. The third-order valence-electron chi connectivity index (χ3n) is 6.98. The van der Waals surface area contributed by atoms with Gasteiger partial charge in [-0.25, -0.2) is 8.42 Å². The Morgan fingerprint density at radius 1 is 0.973 bits per heavy atom. The minimum atomic E-state index is -3.72. The molecule has 0 aliphatic carbocycles. The van der Waals surface area contributed by atoms with Crippen LogP contribution in [0.2, 0.25) is 0 Å². The zero-order valence-electron chi connectivity index (χ0n) is 21.4. The van der Waals surface area contributed by atoms with Crippen molar-refractivity contribution < 1.29 is 23.1 Å². The summed E-state index contributed by atoms with van der Waals surface area (Å²) in [5.74, 6) is -0.395. The summed E-state index contributed by atoms with van der Waals surface area (Å²) in [6.45, 7) is 4.25. The molecule has 3 atom stereocenters. The molecule has 0 saturated carbocycles. The lowest BCUT2D eigenvalue weighted by atomic mass is 9.94. The van der Waals surface area contributed by atoms with E-state index in [0.717, 1.165) is 16.7 Å². The van der Waals surface area contributed by atoms with Gasteiger partial charge in [0.1, 0.15) is 0 Å². The molecule has 8 heteroatoms. The van der Waals surface area contributed by atoms with E-state index in [1.54, 1.807) is 42.3 Å². The highest BCUT2D eigenvalue weighted by Crippen LogP contribution is 2.31. The summed E-state index contributed by atoms with van der Waals surface area (Å²) in [5.41, 5.74) is 3.17. The molecule has 1 aliphatic rings. The first-order valence-corrected chi connectivity index (χ1v) is 13.9. The molecule has 196 valence electrons. The van der Waals surface area contributed by atoms with E-state index in [1.165, 1.54) is 4.31 Å². The van der Waals surface area contributed by atoms with Gasteiger partial charge in [-0.05, 0) is 41.8 Å². The maximum atomic E-state index is 13.9. The number of aliphatic hydroxyl groups is 1. The third kappa shape index (κ3) is 5.78. The number of fused-ring (bicyclic) bond motifs is 3. The fourth-order valence-corrected chi connectivity index (χ4v) is 5.88. The topological polar surface area (TPSA) is 87.2 Å². The molecule has 1 N–H and O–H groups in total. The highest BCUT2D eigenvalue weighted by molar-refractivity contribution is 7.89. The number of hydrogen-bond donors (Lipinski definition) is 1. The van der Waals surface area contributed by atoms with E-state index in [1.807, 2.05) is 62.4 Å². The average molecular weight is 523 g/mol. The van der Waals surface area contributed by atoms with Gasteiger partial charge in [-0.3, -0.25) is 4.79 Å². The van der Waals surface area contributed by atoms with E-state index >= 15 is 0 Å². The molecule has 3 aromatic carbocycles. The van der Waals surface area contributed by atoms with Crippen LogP contribution in [0.3, 0.4) is 0 Å². The van der Waals surface area contributed by atoms with Crippen LogP contribution in [-0.4, -0.2) is 67.5 Å². The Balaban J connectivity index is 1.74. The van der Waals surface area contributed by atoms with Crippen LogP contribution >= 0.6 is 0 Å². The lowest BCUT2D eigenvalue weighted by Gasteiger charge is -2.35. The number of hydrogen-bond acceptors (Lipinski definition) is 5. The summed E-state index contributed by atoms with van der Waals surface area (Å²) >= 11 is 0. The van der Waals surface area contributed by atoms with Crippen molar-refractivity contribution in [2.24, 2.45) is 5.92 Å². The zero-order chi connectivity index (χ0) is 26.6. The number of likely N-dealkylation sites (N-methyl/N-ethyl adjacent to an activating group) is 1. The summed E-state index contributed by atoms with van der Waals surface area (Å²) in [7, 11) is -2.17. The monoisotopic (exact) mass is 522 g/mol. The first-order valence-electron chi connectivity index (χ1n) is 12.5. The second-order valence-electron chi connectivity index (χ2n) is 9.62. The summed E-state index contributed by atoms with van der Waals surface area (Å²) in [6, 6.07) is 23.2. The lowest BCUT2D eigenvalue weighted by Crippen LogP contribution is -2.47. The van der Waals surface area contributed by atoms with Gasteiger partial charge < -0.3 is 14.7 Å². The molecule has 0 saturated heterocycles. The van der Waals surface area contributed by atoms with E-state index in [2.05, 4.69) is 0 Å². The molecule has 0 fully saturated rings. The van der Waals surface area contributed by atoms with Crippen molar-refractivity contribution in [3.8, 4) is 11.1 Å². The number of benzene rings is 3. The Kier molecular flexibility index (Phi) is 8.44. The molecule has 37 heavy (non-hydrogen) atoms. The minimum Gasteiger partial charge on any atom is -0.394 e. The molecule has 0 radical (unpaired) electrons. The van der Waals surface area contributed by atoms with Gasteiger partial charge in [0.25, 0.3) is 5.91 Å². The number of sulfonamides is 1. The molecular weight excluding hydrogens is 488 g/mol. The number of rotatable bonds is 6. The van der Waals surface area contributed by atoms with Crippen LogP contribution in [0.15, 0.2) is 83.8 Å². The highest BCUT2D eigenvalue weighted by Gasteiger charge is 2.32. The number of carbonyl (C=O) groups excluding carboxylic acids is 1. The van der Waals surface area contributed by atoms with E-state index in [0.29, 0.717) is 12.1 Å². The fourth-order valence-electron chi connectivity index (χ4n) is 4.68. The van der Waals surface area contributed by atoms with Crippen LogP contribution in [0.5, 0.6) is 0 Å². The molecule has 0 bridgehead atoms. The van der Waals surface area contributed by atoms with Crippen LogP contribution in [0.4, 0.5) is 0 Å². The van der Waals surface area contributed by atoms with Crippen LogP contribution in [-0.2, 0) is 21.4 Å². The summed E-state index contributed by atoms with van der Waals surface area (Å²) in [6.07, 6.45) is -0.501. The van der Waals surface area contributed by atoms with Crippen molar-refractivity contribution in [2.75, 3.05) is 26.7 Å². The normalized spacial score (nSPS) is 19.6.